The highest BCUT2D eigenvalue weighted by Crippen LogP contribution is 2.27. The molecule has 0 N–H and O–H groups in total. The molecule has 2 fully saturated rings. The molecule has 2 aliphatic rings. The van der Waals surface area contributed by atoms with Gasteiger partial charge in [0, 0.05) is 24.0 Å². The second-order valence-corrected chi connectivity index (χ2v) is 9.44. The van der Waals surface area contributed by atoms with Crippen molar-refractivity contribution in [1.82, 2.24) is 9.80 Å². The Morgan fingerprint density at radius 2 is 1.71 bits per heavy atom. The van der Waals surface area contributed by atoms with Crippen LogP contribution >= 0.6 is 11.6 Å². The Kier molecular flexibility index (Phi) is 5.18. The molecule has 0 saturated carbocycles. The van der Waals surface area contributed by atoms with E-state index in [0.29, 0.717) is 24.5 Å². The Balaban J connectivity index is 1.66. The standard InChI is InChI=1S/C17H23ClN2O3S/c1-19-9-6-13(7-10-19)17(21)20-11-8-16(12-20)24(22,23)15-4-2-14(18)3-5-15/h2-5,13,16H,6-12H2,1H3. The average molecular weight is 371 g/mol. The van der Waals surface area contributed by atoms with Crippen molar-refractivity contribution >= 4 is 27.3 Å². The Morgan fingerprint density at radius 1 is 1.08 bits per heavy atom. The van der Waals surface area contributed by atoms with Crippen LogP contribution in [0.25, 0.3) is 0 Å². The predicted octanol–water partition coefficient (Wildman–Crippen LogP) is 2.06. The quantitative estimate of drug-likeness (QED) is 0.817. The molecule has 2 saturated heterocycles. The summed E-state index contributed by atoms with van der Waals surface area (Å²) in [4.78, 5) is 16.9. The molecule has 0 aromatic heterocycles. The smallest absolute Gasteiger partial charge is 0.225 e. The second kappa shape index (κ2) is 7.02. The van der Waals surface area contributed by atoms with Crippen LogP contribution in [0.4, 0.5) is 0 Å². The summed E-state index contributed by atoms with van der Waals surface area (Å²) >= 11 is 5.83. The first-order chi connectivity index (χ1) is 11.4. The number of hydrogen-bond donors (Lipinski definition) is 0. The maximum Gasteiger partial charge on any atom is 0.225 e. The number of hydrogen-bond acceptors (Lipinski definition) is 4. The van der Waals surface area contributed by atoms with Crippen LogP contribution in [-0.4, -0.2) is 62.6 Å². The van der Waals surface area contributed by atoms with E-state index in [0.717, 1.165) is 25.9 Å². The number of carbonyl (C=O) groups excluding carboxylic acids is 1. The number of halogens is 1. The molecule has 1 atom stereocenters. The highest BCUT2D eigenvalue weighted by atomic mass is 35.5. The summed E-state index contributed by atoms with van der Waals surface area (Å²) in [5, 5.41) is -0.00617. The summed E-state index contributed by atoms with van der Waals surface area (Å²) in [6, 6.07) is 6.26. The van der Waals surface area contributed by atoms with Crippen LogP contribution in [0.2, 0.25) is 5.02 Å². The minimum Gasteiger partial charge on any atom is -0.341 e. The lowest BCUT2D eigenvalue weighted by Gasteiger charge is -2.30. The Hall–Kier alpha value is -1.11. The zero-order valence-electron chi connectivity index (χ0n) is 13.8. The van der Waals surface area contributed by atoms with E-state index in [9.17, 15) is 13.2 Å². The van der Waals surface area contributed by atoms with Crippen molar-refractivity contribution in [2.45, 2.75) is 29.4 Å². The monoisotopic (exact) mass is 370 g/mol. The molecule has 132 valence electrons. The summed E-state index contributed by atoms with van der Waals surface area (Å²) in [6.45, 7) is 2.69. The van der Waals surface area contributed by atoms with Crippen LogP contribution in [0.5, 0.6) is 0 Å². The minimum absolute atomic E-state index is 0.0400. The molecule has 1 aromatic carbocycles. The van der Waals surface area contributed by atoms with Crippen LogP contribution in [0, 0.1) is 5.92 Å². The first-order valence-electron chi connectivity index (χ1n) is 8.35. The van der Waals surface area contributed by atoms with Crippen molar-refractivity contribution in [3.63, 3.8) is 0 Å². The fourth-order valence-corrected chi connectivity index (χ4v) is 5.33. The van der Waals surface area contributed by atoms with E-state index >= 15 is 0 Å². The normalized spacial score (nSPS) is 23.6. The number of benzene rings is 1. The second-order valence-electron chi connectivity index (χ2n) is 6.77. The molecule has 2 aliphatic heterocycles. The zero-order valence-corrected chi connectivity index (χ0v) is 15.4. The number of piperidine rings is 1. The maximum atomic E-state index is 12.7. The molecule has 0 spiro atoms. The van der Waals surface area contributed by atoms with Gasteiger partial charge in [0.15, 0.2) is 9.84 Å². The van der Waals surface area contributed by atoms with Crippen molar-refractivity contribution < 1.29 is 13.2 Å². The van der Waals surface area contributed by atoms with Crippen molar-refractivity contribution in [3.05, 3.63) is 29.3 Å². The molecule has 1 aromatic rings. The van der Waals surface area contributed by atoms with E-state index in [1.165, 1.54) is 0 Å². The largest absolute Gasteiger partial charge is 0.341 e. The van der Waals surface area contributed by atoms with Crippen LogP contribution in [0.1, 0.15) is 19.3 Å². The Morgan fingerprint density at radius 3 is 2.33 bits per heavy atom. The predicted molar refractivity (Wildman–Crippen MR) is 93.8 cm³/mol. The summed E-state index contributed by atoms with van der Waals surface area (Å²) in [7, 11) is -1.36. The first kappa shape index (κ1) is 17.7. The van der Waals surface area contributed by atoms with Gasteiger partial charge in [-0.15, -0.1) is 0 Å². The molecule has 0 bridgehead atoms. The van der Waals surface area contributed by atoms with Gasteiger partial charge in [0.25, 0.3) is 0 Å². The summed E-state index contributed by atoms with van der Waals surface area (Å²) < 4.78 is 25.5. The lowest BCUT2D eigenvalue weighted by atomic mass is 9.96. The topological polar surface area (TPSA) is 57.7 Å². The molecule has 24 heavy (non-hydrogen) atoms. The fraction of sp³-hybridized carbons (Fsp3) is 0.588. The van der Waals surface area contributed by atoms with Crippen molar-refractivity contribution in [2.75, 3.05) is 33.2 Å². The minimum atomic E-state index is -3.42. The van der Waals surface area contributed by atoms with Gasteiger partial charge in [0.2, 0.25) is 5.91 Å². The molecular weight excluding hydrogens is 348 g/mol. The molecule has 1 unspecified atom stereocenters. The van der Waals surface area contributed by atoms with Crippen LogP contribution in [0.3, 0.4) is 0 Å². The van der Waals surface area contributed by atoms with Gasteiger partial charge in [0.1, 0.15) is 0 Å². The van der Waals surface area contributed by atoms with Crippen LogP contribution in [-0.2, 0) is 14.6 Å². The van der Waals surface area contributed by atoms with E-state index in [1.54, 1.807) is 29.2 Å². The summed E-state index contributed by atoms with van der Waals surface area (Å²) in [6.07, 6.45) is 2.23. The first-order valence-corrected chi connectivity index (χ1v) is 10.3. The third-order valence-corrected chi connectivity index (χ3v) is 7.55. The van der Waals surface area contributed by atoms with E-state index in [4.69, 9.17) is 11.6 Å². The van der Waals surface area contributed by atoms with E-state index in [1.807, 2.05) is 0 Å². The third kappa shape index (κ3) is 3.60. The summed E-state index contributed by atoms with van der Waals surface area (Å²) in [5.74, 6) is 0.162. The Bertz CT molecular complexity index is 697. The average Bonchev–Trinajstić information content (AvgIpc) is 3.06. The molecule has 2 heterocycles. The summed E-state index contributed by atoms with van der Waals surface area (Å²) in [5.41, 5.74) is 0. The number of rotatable bonds is 3. The van der Waals surface area contributed by atoms with Crippen molar-refractivity contribution in [3.8, 4) is 0 Å². The molecule has 3 rings (SSSR count). The van der Waals surface area contributed by atoms with Gasteiger partial charge < -0.3 is 9.80 Å². The number of carbonyl (C=O) groups is 1. The lowest BCUT2D eigenvalue weighted by Crippen LogP contribution is -2.41. The van der Waals surface area contributed by atoms with Gasteiger partial charge in [-0.2, -0.15) is 0 Å². The Labute approximate surface area is 148 Å². The fourth-order valence-electron chi connectivity index (χ4n) is 3.51. The molecule has 0 aliphatic carbocycles. The third-order valence-electron chi connectivity index (χ3n) is 5.11. The maximum absolute atomic E-state index is 12.7. The zero-order chi connectivity index (χ0) is 17.3. The molecule has 5 nitrogen and oxygen atoms in total. The van der Waals surface area contributed by atoms with E-state index in [2.05, 4.69) is 11.9 Å². The van der Waals surface area contributed by atoms with Gasteiger partial charge in [-0.05, 0) is 63.7 Å². The number of nitrogens with zero attached hydrogens (tertiary/aromatic N) is 2. The highest BCUT2D eigenvalue weighted by Gasteiger charge is 2.38. The number of likely N-dealkylation sites (tertiary alicyclic amines) is 2. The van der Waals surface area contributed by atoms with Gasteiger partial charge in [-0.1, -0.05) is 11.6 Å². The molecule has 7 heteroatoms. The highest BCUT2D eigenvalue weighted by molar-refractivity contribution is 7.92. The number of amides is 1. The van der Waals surface area contributed by atoms with Crippen LogP contribution < -0.4 is 0 Å². The van der Waals surface area contributed by atoms with Gasteiger partial charge in [0.05, 0.1) is 10.1 Å². The van der Waals surface area contributed by atoms with E-state index < -0.39 is 15.1 Å². The number of sulfone groups is 1. The van der Waals surface area contributed by atoms with E-state index in [-0.39, 0.29) is 16.7 Å². The van der Waals surface area contributed by atoms with Crippen LogP contribution in [0.15, 0.2) is 29.2 Å². The van der Waals surface area contributed by atoms with Crippen molar-refractivity contribution in [1.29, 1.82) is 0 Å². The van der Waals surface area contributed by atoms with Gasteiger partial charge in [-0.25, -0.2) is 8.42 Å². The van der Waals surface area contributed by atoms with Gasteiger partial charge in [-0.3, -0.25) is 4.79 Å². The van der Waals surface area contributed by atoms with Crippen molar-refractivity contribution in [2.24, 2.45) is 5.92 Å². The SMILES string of the molecule is CN1CCC(C(=O)N2CCC(S(=O)(=O)c3ccc(Cl)cc3)C2)CC1. The molecule has 0 radical (unpaired) electrons. The van der Waals surface area contributed by atoms with Gasteiger partial charge >= 0.3 is 0 Å². The lowest BCUT2D eigenvalue weighted by molar-refractivity contribution is -0.135. The molecular formula is C17H23ClN2O3S. The molecule has 1 amide bonds.